The number of aromatic nitrogens is 1. The van der Waals surface area contributed by atoms with Crippen LogP contribution in [0, 0.1) is 5.82 Å². The zero-order chi connectivity index (χ0) is 19.5. The fraction of sp³-hybridized carbons (Fsp3) is 0.174. The number of para-hydroxylation sites is 1. The number of nitrogens with one attached hydrogen (secondary N) is 1. The van der Waals surface area contributed by atoms with Crippen LogP contribution in [0.4, 0.5) is 4.39 Å². The molecule has 0 bridgehead atoms. The summed E-state index contributed by atoms with van der Waals surface area (Å²) in [6.45, 7) is 0.394. The highest BCUT2D eigenvalue weighted by Crippen LogP contribution is 2.35. The topological polar surface area (TPSA) is 34.0 Å². The van der Waals surface area contributed by atoms with E-state index < -0.39 is 0 Å². The van der Waals surface area contributed by atoms with Crippen LogP contribution in [0.1, 0.15) is 29.0 Å². The molecular formula is C23H21FN2OS. The molecule has 0 fully saturated rings. The lowest BCUT2D eigenvalue weighted by atomic mass is 9.89. The molecule has 1 N–H and O–H groups in total. The largest absolute Gasteiger partial charge is 0.352 e. The Morgan fingerprint density at radius 1 is 1.14 bits per heavy atom. The summed E-state index contributed by atoms with van der Waals surface area (Å²) in [4.78, 5) is 12.7. The van der Waals surface area contributed by atoms with Gasteiger partial charge in [-0.1, -0.05) is 30.3 Å². The molecule has 0 radical (unpaired) electrons. The number of fused-ring (bicyclic) bond motifs is 1. The molecule has 3 nitrogen and oxygen atoms in total. The van der Waals surface area contributed by atoms with Gasteiger partial charge in [-0.3, -0.25) is 4.79 Å². The molecular weight excluding hydrogens is 371 g/mol. The molecule has 1 atom stereocenters. The molecule has 4 rings (SSSR count). The smallest absolute Gasteiger partial charge is 0.221 e. The van der Waals surface area contributed by atoms with E-state index in [1.54, 1.807) is 23.5 Å². The number of amides is 1. The van der Waals surface area contributed by atoms with Crippen molar-refractivity contribution in [2.45, 2.75) is 18.9 Å². The molecule has 1 amide bonds. The molecule has 0 saturated carbocycles. The summed E-state index contributed by atoms with van der Waals surface area (Å²) in [5.41, 5.74) is 4.35. The van der Waals surface area contributed by atoms with Gasteiger partial charge in [-0.15, -0.1) is 0 Å². The van der Waals surface area contributed by atoms with E-state index in [-0.39, 0.29) is 17.6 Å². The van der Waals surface area contributed by atoms with E-state index >= 15 is 0 Å². The minimum atomic E-state index is -0.274. The van der Waals surface area contributed by atoms with Gasteiger partial charge in [0.15, 0.2) is 0 Å². The van der Waals surface area contributed by atoms with Gasteiger partial charge in [-0.25, -0.2) is 4.39 Å². The maximum atomic E-state index is 13.0. The van der Waals surface area contributed by atoms with E-state index in [1.165, 1.54) is 17.5 Å². The van der Waals surface area contributed by atoms with Crippen LogP contribution in [0.15, 0.2) is 71.6 Å². The third-order valence-corrected chi connectivity index (χ3v) is 5.74. The van der Waals surface area contributed by atoms with Crippen molar-refractivity contribution in [2.24, 2.45) is 7.05 Å². The Labute approximate surface area is 167 Å². The van der Waals surface area contributed by atoms with Crippen LogP contribution in [0.25, 0.3) is 10.9 Å². The Kier molecular flexibility index (Phi) is 5.26. The van der Waals surface area contributed by atoms with Crippen molar-refractivity contribution in [3.05, 3.63) is 94.1 Å². The molecule has 28 heavy (non-hydrogen) atoms. The molecule has 2 aromatic carbocycles. The molecule has 5 heteroatoms. The van der Waals surface area contributed by atoms with Gasteiger partial charge < -0.3 is 9.88 Å². The predicted octanol–water partition coefficient (Wildman–Crippen LogP) is 5.22. The first kappa shape index (κ1) is 18.4. The monoisotopic (exact) mass is 392 g/mol. The lowest BCUT2D eigenvalue weighted by molar-refractivity contribution is -0.121. The molecule has 1 unspecified atom stereocenters. The van der Waals surface area contributed by atoms with Gasteiger partial charge in [-0.05, 0) is 51.7 Å². The number of hydrogen-bond donors (Lipinski definition) is 1. The second kappa shape index (κ2) is 7.98. The fourth-order valence-electron chi connectivity index (χ4n) is 3.59. The van der Waals surface area contributed by atoms with E-state index in [0.29, 0.717) is 13.0 Å². The highest BCUT2D eigenvalue weighted by atomic mass is 32.1. The highest BCUT2D eigenvalue weighted by Gasteiger charge is 2.22. The number of benzene rings is 2. The Morgan fingerprint density at radius 3 is 2.68 bits per heavy atom. The Balaban J connectivity index is 1.57. The minimum Gasteiger partial charge on any atom is -0.352 e. The summed E-state index contributed by atoms with van der Waals surface area (Å²) in [6, 6.07) is 16.6. The lowest BCUT2D eigenvalue weighted by Crippen LogP contribution is -2.24. The van der Waals surface area contributed by atoms with Crippen molar-refractivity contribution in [3.63, 3.8) is 0 Å². The fourth-order valence-corrected chi connectivity index (χ4v) is 4.31. The average Bonchev–Trinajstić information content (AvgIpc) is 3.35. The predicted molar refractivity (Wildman–Crippen MR) is 112 cm³/mol. The molecule has 4 aromatic rings. The van der Waals surface area contributed by atoms with Crippen LogP contribution in [0.5, 0.6) is 0 Å². The lowest BCUT2D eigenvalue weighted by Gasteiger charge is -2.16. The summed E-state index contributed by atoms with van der Waals surface area (Å²) in [5, 5.41) is 8.30. The van der Waals surface area contributed by atoms with Gasteiger partial charge in [-0.2, -0.15) is 11.3 Å². The Hall–Kier alpha value is -2.92. The van der Waals surface area contributed by atoms with Crippen molar-refractivity contribution in [1.29, 1.82) is 0 Å². The van der Waals surface area contributed by atoms with Gasteiger partial charge in [0.05, 0.1) is 0 Å². The van der Waals surface area contributed by atoms with Crippen LogP contribution >= 0.6 is 11.3 Å². The van der Waals surface area contributed by atoms with E-state index in [4.69, 9.17) is 0 Å². The number of rotatable bonds is 6. The number of carbonyl (C=O) groups excluding carboxylic acids is 1. The quantitative estimate of drug-likeness (QED) is 0.480. The highest BCUT2D eigenvalue weighted by molar-refractivity contribution is 7.08. The Bertz CT molecular complexity index is 1080. The number of thiophene rings is 1. The summed E-state index contributed by atoms with van der Waals surface area (Å²) in [6.07, 6.45) is 2.49. The third-order valence-electron chi connectivity index (χ3n) is 5.04. The zero-order valence-electron chi connectivity index (χ0n) is 15.6. The second-order valence-electron chi connectivity index (χ2n) is 6.93. The molecule has 2 heterocycles. The molecule has 0 aliphatic rings. The van der Waals surface area contributed by atoms with Gasteiger partial charge in [0.1, 0.15) is 5.82 Å². The van der Waals surface area contributed by atoms with Crippen LogP contribution in [0.3, 0.4) is 0 Å². The first-order valence-electron chi connectivity index (χ1n) is 9.19. The molecule has 2 aromatic heterocycles. The van der Waals surface area contributed by atoms with Crippen LogP contribution < -0.4 is 5.32 Å². The summed E-state index contributed by atoms with van der Waals surface area (Å²) < 4.78 is 15.2. The van der Waals surface area contributed by atoms with Gasteiger partial charge in [0.25, 0.3) is 0 Å². The van der Waals surface area contributed by atoms with Crippen molar-refractivity contribution in [2.75, 3.05) is 0 Å². The van der Waals surface area contributed by atoms with Gasteiger partial charge in [0.2, 0.25) is 5.91 Å². The van der Waals surface area contributed by atoms with Crippen molar-refractivity contribution < 1.29 is 9.18 Å². The first-order chi connectivity index (χ1) is 13.6. The number of halogens is 1. The third kappa shape index (κ3) is 3.85. The molecule has 0 saturated heterocycles. The van der Waals surface area contributed by atoms with E-state index in [2.05, 4.69) is 39.7 Å². The van der Waals surface area contributed by atoms with Crippen LogP contribution in [0.2, 0.25) is 0 Å². The number of hydrogen-bond acceptors (Lipinski definition) is 2. The Morgan fingerprint density at radius 2 is 1.93 bits per heavy atom. The number of aryl methyl sites for hydroxylation is 1. The maximum absolute atomic E-state index is 13.0. The van der Waals surface area contributed by atoms with Crippen LogP contribution in [-0.2, 0) is 18.4 Å². The SMILES string of the molecule is Cn1cc(C(CC(=O)NCc2ccc(F)cc2)c2ccsc2)c2ccccc21. The van der Waals surface area contributed by atoms with Crippen LogP contribution in [-0.4, -0.2) is 10.5 Å². The van der Waals surface area contributed by atoms with E-state index in [9.17, 15) is 9.18 Å². The molecule has 142 valence electrons. The normalized spacial score (nSPS) is 12.2. The standard InChI is InChI=1S/C23H21FN2OS/c1-26-14-21(19-4-2-3-5-22(19)26)20(17-10-11-28-15-17)12-23(27)25-13-16-6-8-18(24)9-7-16/h2-11,14-15,20H,12-13H2,1H3,(H,25,27). The van der Waals surface area contributed by atoms with Gasteiger partial charge in [0, 0.05) is 43.0 Å². The summed E-state index contributed by atoms with van der Waals surface area (Å²) in [5.74, 6) is -0.303. The van der Waals surface area contributed by atoms with Gasteiger partial charge >= 0.3 is 0 Å². The molecule has 0 aliphatic carbocycles. The summed E-state index contributed by atoms with van der Waals surface area (Å²) >= 11 is 1.64. The average molecular weight is 392 g/mol. The van der Waals surface area contributed by atoms with E-state index in [0.717, 1.165) is 22.2 Å². The summed E-state index contributed by atoms with van der Waals surface area (Å²) in [7, 11) is 2.03. The zero-order valence-corrected chi connectivity index (χ0v) is 16.4. The van der Waals surface area contributed by atoms with Crippen molar-refractivity contribution in [3.8, 4) is 0 Å². The number of nitrogens with zero attached hydrogens (tertiary/aromatic N) is 1. The van der Waals surface area contributed by atoms with Crippen molar-refractivity contribution in [1.82, 2.24) is 9.88 Å². The number of carbonyl (C=O) groups is 1. The maximum Gasteiger partial charge on any atom is 0.221 e. The molecule has 0 aliphatic heterocycles. The second-order valence-corrected chi connectivity index (χ2v) is 7.71. The van der Waals surface area contributed by atoms with E-state index in [1.807, 2.05) is 24.6 Å². The molecule has 0 spiro atoms. The van der Waals surface area contributed by atoms with Crippen molar-refractivity contribution >= 4 is 28.1 Å². The minimum absolute atomic E-state index is 0.00873. The first-order valence-corrected chi connectivity index (χ1v) is 10.1.